The van der Waals surface area contributed by atoms with Gasteiger partial charge in [0.1, 0.15) is 0 Å². The summed E-state index contributed by atoms with van der Waals surface area (Å²) in [6.07, 6.45) is 6.54. The topological polar surface area (TPSA) is 47.1 Å². The van der Waals surface area contributed by atoms with E-state index in [4.69, 9.17) is 5.73 Å². The molecule has 1 aromatic carbocycles. The molecule has 1 aromatic heterocycles. The van der Waals surface area contributed by atoms with Gasteiger partial charge in [0.15, 0.2) is 0 Å². The fraction of sp³-hybridized carbons (Fsp3) is 0.438. The van der Waals surface area contributed by atoms with E-state index in [1.807, 2.05) is 12.5 Å². The van der Waals surface area contributed by atoms with Crippen LogP contribution in [-0.4, -0.2) is 27.5 Å². The molecule has 0 atom stereocenters. The molecule has 0 aliphatic heterocycles. The quantitative estimate of drug-likeness (QED) is 0.839. The smallest absolute Gasteiger partial charge is 0.0951 e. The molecule has 1 fully saturated rings. The van der Waals surface area contributed by atoms with E-state index >= 15 is 0 Å². The van der Waals surface area contributed by atoms with E-state index in [9.17, 15) is 0 Å². The van der Waals surface area contributed by atoms with Gasteiger partial charge in [-0.3, -0.25) is 4.90 Å². The van der Waals surface area contributed by atoms with Crippen LogP contribution in [0.4, 0.5) is 0 Å². The van der Waals surface area contributed by atoms with Crippen LogP contribution in [-0.2, 0) is 13.1 Å². The van der Waals surface area contributed by atoms with E-state index in [0.717, 1.165) is 19.6 Å². The fourth-order valence-electron chi connectivity index (χ4n) is 2.60. The summed E-state index contributed by atoms with van der Waals surface area (Å²) in [6.45, 7) is 3.45. The normalized spacial score (nSPS) is 14.9. The number of aromatic nitrogens is 2. The second-order valence-electron chi connectivity index (χ2n) is 5.51. The van der Waals surface area contributed by atoms with E-state index < -0.39 is 0 Å². The molecule has 1 saturated carbocycles. The van der Waals surface area contributed by atoms with Crippen LogP contribution in [0.25, 0.3) is 0 Å². The summed E-state index contributed by atoms with van der Waals surface area (Å²) in [4.78, 5) is 6.70. The first-order chi connectivity index (χ1) is 9.86. The number of nitrogens with zero attached hydrogens (tertiary/aromatic N) is 3. The molecule has 0 unspecified atom stereocenters. The van der Waals surface area contributed by atoms with Crippen LogP contribution >= 0.6 is 0 Å². The lowest BCUT2D eigenvalue weighted by Crippen LogP contribution is -2.29. The largest absolute Gasteiger partial charge is 0.330 e. The average molecular weight is 270 g/mol. The second kappa shape index (κ2) is 6.20. The maximum Gasteiger partial charge on any atom is 0.0951 e. The van der Waals surface area contributed by atoms with Crippen LogP contribution < -0.4 is 5.73 Å². The summed E-state index contributed by atoms with van der Waals surface area (Å²) in [5.41, 5.74) is 8.39. The van der Waals surface area contributed by atoms with Crippen LogP contribution in [0.15, 0.2) is 42.9 Å². The standard InChI is InChI=1S/C16H22N4/c17-8-9-19(11-14-4-2-1-3-5-14)12-16-10-18-13-20(16)15-6-7-15/h1-5,10,13,15H,6-9,11-12,17H2. The molecule has 0 bridgehead atoms. The van der Waals surface area contributed by atoms with Crippen molar-refractivity contribution in [1.29, 1.82) is 0 Å². The fourth-order valence-corrected chi connectivity index (χ4v) is 2.60. The molecule has 2 aromatic rings. The maximum absolute atomic E-state index is 5.76. The summed E-state index contributed by atoms with van der Waals surface area (Å²) in [5, 5.41) is 0. The predicted molar refractivity (Wildman–Crippen MR) is 80.1 cm³/mol. The third-order valence-electron chi connectivity index (χ3n) is 3.77. The third kappa shape index (κ3) is 3.26. The van der Waals surface area contributed by atoms with Crippen LogP contribution in [0.2, 0.25) is 0 Å². The van der Waals surface area contributed by atoms with Crippen molar-refractivity contribution in [2.24, 2.45) is 5.73 Å². The van der Waals surface area contributed by atoms with Crippen molar-refractivity contribution in [1.82, 2.24) is 14.5 Å². The van der Waals surface area contributed by atoms with Gasteiger partial charge in [-0.15, -0.1) is 0 Å². The number of hydrogen-bond acceptors (Lipinski definition) is 3. The van der Waals surface area contributed by atoms with Crippen molar-refractivity contribution < 1.29 is 0 Å². The minimum Gasteiger partial charge on any atom is -0.330 e. The molecule has 3 rings (SSSR count). The van der Waals surface area contributed by atoms with Crippen molar-refractivity contribution in [2.75, 3.05) is 13.1 Å². The molecule has 0 radical (unpaired) electrons. The monoisotopic (exact) mass is 270 g/mol. The number of hydrogen-bond donors (Lipinski definition) is 1. The van der Waals surface area contributed by atoms with Crippen molar-refractivity contribution in [3.05, 3.63) is 54.1 Å². The molecule has 1 aliphatic carbocycles. The Hall–Kier alpha value is -1.65. The number of rotatable bonds is 7. The minimum atomic E-state index is 0.684. The zero-order valence-corrected chi connectivity index (χ0v) is 11.8. The summed E-state index contributed by atoms with van der Waals surface area (Å²) < 4.78 is 2.33. The Morgan fingerprint density at radius 1 is 1.20 bits per heavy atom. The molecule has 1 aliphatic rings. The van der Waals surface area contributed by atoms with Crippen LogP contribution in [0.5, 0.6) is 0 Å². The molecule has 0 amide bonds. The summed E-state index contributed by atoms with van der Waals surface area (Å²) in [6, 6.07) is 11.3. The maximum atomic E-state index is 5.76. The van der Waals surface area contributed by atoms with Gasteiger partial charge in [-0.05, 0) is 18.4 Å². The van der Waals surface area contributed by atoms with Gasteiger partial charge in [0.2, 0.25) is 0 Å². The molecule has 0 saturated heterocycles. The van der Waals surface area contributed by atoms with Crippen molar-refractivity contribution >= 4 is 0 Å². The van der Waals surface area contributed by atoms with E-state index in [-0.39, 0.29) is 0 Å². The molecular formula is C16H22N4. The lowest BCUT2D eigenvalue weighted by atomic mass is 10.2. The highest BCUT2D eigenvalue weighted by molar-refractivity contribution is 5.14. The first-order valence-electron chi connectivity index (χ1n) is 7.34. The van der Waals surface area contributed by atoms with Gasteiger partial charge in [0, 0.05) is 38.4 Å². The van der Waals surface area contributed by atoms with Gasteiger partial charge in [0.25, 0.3) is 0 Å². The molecule has 106 valence electrons. The predicted octanol–water partition coefficient (Wildman–Crippen LogP) is 2.18. The lowest BCUT2D eigenvalue weighted by Gasteiger charge is -2.22. The van der Waals surface area contributed by atoms with Crippen molar-refractivity contribution in [3.8, 4) is 0 Å². The van der Waals surface area contributed by atoms with Gasteiger partial charge >= 0.3 is 0 Å². The Morgan fingerprint density at radius 3 is 2.70 bits per heavy atom. The van der Waals surface area contributed by atoms with Gasteiger partial charge < -0.3 is 10.3 Å². The first kappa shape index (κ1) is 13.3. The number of nitrogens with two attached hydrogens (primary N) is 1. The van der Waals surface area contributed by atoms with Gasteiger partial charge in [-0.2, -0.15) is 0 Å². The van der Waals surface area contributed by atoms with Gasteiger partial charge in [-0.25, -0.2) is 4.98 Å². The molecule has 2 N–H and O–H groups in total. The number of benzene rings is 1. The van der Waals surface area contributed by atoms with Crippen LogP contribution in [0.3, 0.4) is 0 Å². The Kier molecular flexibility index (Phi) is 4.14. The third-order valence-corrected chi connectivity index (χ3v) is 3.77. The molecule has 20 heavy (non-hydrogen) atoms. The van der Waals surface area contributed by atoms with E-state index in [1.165, 1.54) is 24.1 Å². The molecule has 0 spiro atoms. The average Bonchev–Trinajstić information content (AvgIpc) is 3.21. The van der Waals surface area contributed by atoms with Gasteiger partial charge in [0.05, 0.1) is 12.0 Å². The number of imidazole rings is 1. The highest BCUT2D eigenvalue weighted by Crippen LogP contribution is 2.35. The SMILES string of the molecule is NCCN(Cc1ccccc1)Cc1cncn1C1CC1. The van der Waals surface area contributed by atoms with E-state index in [1.54, 1.807) is 0 Å². The molecular weight excluding hydrogens is 248 g/mol. The van der Waals surface area contributed by atoms with E-state index in [2.05, 4.69) is 44.8 Å². The molecule has 4 heteroatoms. The highest BCUT2D eigenvalue weighted by Gasteiger charge is 2.25. The van der Waals surface area contributed by atoms with Crippen molar-refractivity contribution in [3.63, 3.8) is 0 Å². The Balaban J connectivity index is 1.68. The zero-order chi connectivity index (χ0) is 13.8. The zero-order valence-electron chi connectivity index (χ0n) is 11.8. The molecule has 1 heterocycles. The Labute approximate surface area is 120 Å². The Morgan fingerprint density at radius 2 is 2.00 bits per heavy atom. The van der Waals surface area contributed by atoms with Crippen LogP contribution in [0, 0.1) is 0 Å². The van der Waals surface area contributed by atoms with Crippen molar-refractivity contribution in [2.45, 2.75) is 32.0 Å². The highest BCUT2D eigenvalue weighted by atomic mass is 15.2. The summed E-state index contributed by atoms with van der Waals surface area (Å²) >= 11 is 0. The Bertz CT molecular complexity index is 530. The summed E-state index contributed by atoms with van der Waals surface area (Å²) in [5.74, 6) is 0. The van der Waals surface area contributed by atoms with Gasteiger partial charge in [-0.1, -0.05) is 30.3 Å². The minimum absolute atomic E-state index is 0.684. The molecule has 4 nitrogen and oxygen atoms in total. The summed E-state index contributed by atoms with van der Waals surface area (Å²) in [7, 11) is 0. The second-order valence-corrected chi connectivity index (χ2v) is 5.51. The van der Waals surface area contributed by atoms with Crippen LogP contribution in [0.1, 0.15) is 30.1 Å². The van der Waals surface area contributed by atoms with E-state index in [0.29, 0.717) is 12.6 Å². The lowest BCUT2D eigenvalue weighted by molar-refractivity contribution is 0.257. The first-order valence-corrected chi connectivity index (χ1v) is 7.34.